The third kappa shape index (κ3) is 1.62. The second-order valence-electron chi connectivity index (χ2n) is 3.52. The van der Waals surface area contributed by atoms with Crippen LogP contribution in [0.5, 0.6) is 0 Å². The molecule has 0 radical (unpaired) electrons. The fourth-order valence-electron chi connectivity index (χ4n) is 1.68. The van der Waals surface area contributed by atoms with Gasteiger partial charge in [0.25, 0.3) is 0 Å². The summed E-state index contributed by atoms with van der Waals surface area (Å²) in [6.45, 7) is 0.870. The van der Waals surface area contributed by atoms with E-state index in [1.165, 1.54) is 12.1 Å². The molecule has 2 rings (SSSR count). The average molecular weight is 218 g/mol. The van der Waals surface area contributed by atoms with Crippen LogP contribution in [0.15, 0.2) is 18.2 Å². The lowest BCUT2D eigenvalue weighted by Crippen LogP contribution is -2.23. The number of alkyl halides is 1. The first-order valence-corrected chi connectivity index (χ1v) is 4.85. The topological polar surface area (TPSA) is 12.0 Å². The zero-order valence-corrected chi connectivity index (χ0v) is 8.24. The van der Waals surface area contributed by atoms with Gasteiger partial charge in [0.2, 0.25) is 0 Å². The molecule has 0 aromatic heterocycles. The van der Waals surface area contributed by atoms with Crippen LogP contribution in [-0.4, -0.2) is 13.1 Å². The Bertz CT molecular complexity index is 348. The lowest BCUT2D eigenvalue weighted by Gasteiger charge is -2.18. The van der Waals surface area contributed by atoms with Gasteiger partial charge in [-0.1, -0.05) is 17.7 Å². The smallest absolute Gasteiger partial charge is 0.149 e. The van der Waals surface area contributed by atoms with Gasteiger partial charge >= 0.3 is 0 Å². The molecule has 0 aliphatic carbocycles. The number of hydrogen-bond acceptors (Lipinski definition) is 1. The molecule has 0 spiro atoms. The number of benzene rings is 1. The zero-order valence-electron chi connectivity index (χ0n) is 7.49. The predicted molar refractivity (Wildman–Crippen MR) is 51.7 cm³/mol. The maximum atomic E-state index is 14.1. The average Bonchev–Trinajstić information content (AvgIpc) is 2.58. The summed E-state index contributed by atoms with van der Waals surface area (Å²) in [7, 11) is 0. The minimum atomic E-state index is -1.44. The molecule has 1 aliphatic heterocycles. The van der Waals surface area contributed by atoms with Crippen LogP contribution < -0.4 is 5.32 Å². The van der Waals surface area contributed by atoms with E-state index in [4.69, 9.17) is 11.6 Å². The molecular weight excluding hydrogens is 208 g/mol. The van der Waals surface area contributed by atoms with Gasteiger partial charge in [-0.25, -0.2) is 8.78 Å². The SMILES string of the molecule is Fc1cc(C2(F)CCNC2)ccc1Cl. The number of rotatable bonds is 1. The van der Waals surface area contributed by atoms with Crippen molar-refractivity contribution in [1.82, 2.24) is 5.32 Å². The van der Waals surface area contributed by atoms with E-state index in [0.717, 1.165) is 0 Å². The second-order valence-corrected chi connectivity index (χ2v) is 3.93. The third-order valence-electron chi connectivity index (χ3n) is 2.54. The highest BCUT2D eigenvalue weighted by Gasteiger charge is 2.35. The lowest BCUT2D eigenvalue weighted by atomic mass is 9.95. The summed E-state index contributed by atoms with van der Waals surface area (Å²) in [5.74, 6) is -0.562. The van der Waals surface area contributed by atoms with Crippen molar-refractivity contribution in [2.75, 3.05) is 13.1 Å². The largest absolute Gasteiger partial charge is 0.313 e. The van der Waals surface area contributed by atoms with Gasteiger partial charge in [-0.05, 0) is 30.7 Å². The van der Waals surface area contributed by atoms with E-state index in [9.17, 15) is 8.78 Å². The Morgan fingerprint density at radius 2 is 2.21 bits per heavy atom. The molecule has 1 nitrogen and oxygen atoms in total. The molecule has 0 saturated carbocycles. The van der Waals surface area contributed by atoms with Gasteiger partial charge in [-0.15, -0.1) is 0 Å². The normalized spacial score (nSPS) is 26.8. The molecule has 4 heteroatoms. The van der Waals surface area contributed by atoms with E-state index in [-0.39, 0.29) is 11.6 Å². The highest BCUT2D eigenvalue weighted by atomic mass is 35.5. The van der Waals surface area contributed by atoms with Gasteiger partial charge in [-0.2, -0.15) is 0 Å². The third-order valence-corrected chi connectivity index (χ3v) is 2.85. The Balaban J connectivity index is 2.36. The Hall–Kier alpha value is -0.670. The van der Waals surface area contributed by atoms with Gasteiger partial charge in [-0.3, -0.25) is 0 Å². The van der Waals surface area contributed by atoms with E-state index in [0.29, 0.717) is 18.5 Å². The fraction of sp³-hybridized carbons (Fsp3) is 0.400. The molecule has 76 valence electrons. The van der Waals surface area contributed by atoms with Crippen LogP contribution in [0.1, 0.15) is 12.0 Å². The lowest BCUT2D eigenvalue weighted by molar-refractivity contribution is 0.193. The first kappa shape index (κ1) is 9.87. The minimum absolute atomic E-state index is 0.0308. The van der Waals surface area contributed by atoms with Crippen LogP contribution in [0.3, 0.4) is 0 Å². The van der Waals surface area contributed by atoms with Gasteiger partial charge in [0.05, 0.1) is 5.02 Å². The molecule has 1 fully saturated rings. The summed E-state index contributed by atoms with van der Waals surface area (Å²) in [5, 5.41) is 2.95. The Kier molecular flexibility index (Phi) is 2.45. The summed E-state index contributed by atoms with van der Waals surface area (Å²) in [6, 6.07) is 4.11. The van der Waals surface area contributed by atoms with E-state index < -0.39 is 11.5 Å². The van der Waals surface area contributed by atoms with Crippen molar-refractivity contribution in [1.29, 1.82) is 0 Å². The van der Waals surface area contributed by atoms with Gasteiger partial charge in [0.15, 0.2) is 0 Å². The van der Waals surface area contributed by atoms with Crippen molar-refractivity contribution in [3.05, 3.63) is 34.6 Å². The highest BCUT2D eigenvalue weighted by Crippen LogP contribution is 2.33. The van der Waals surface area contributed by atoms with Crippen molar-refractivity contribution >= 4 is 11.6 Å². The molecule has 0 amide bonds. The van der Waals surface area contributed by atoms with Crippen molar-refractivity contribution in [2.45, 2.75) is 12.1 Å². The molecule has 1 aromatic rings. The van der Waals surface area contributed by atoms with Crippen molar-refractivity contribution in [3.8, 4) is 0 Å². The molecule has 0 bridgehead atoms. The molecule has 1 aliphatic rings. The molecular formula is C10H10ClF2N. The van der Waals surface area contributed by atoms with E-state index in [1.54, 1.807) is 6.07 Å². The molecule has 1 heterocycles. The van der Waals surface area contributed by atoms with Gasteiger partial charge < -0.3 is 5.32 Å². The molecule has 14 heavy (non-hydrogen) atoms. The van der Waals surface area contributed by atoms with Gasteiger partial charge in [0.1, 0.15) is 11.5 Å². The van der Waals surface area contributed by atoms with Crippen LogP contribution in [0.25, 0.3) is 0 Å². The van der Waals surface area contributed by atoms with Crippen molar-refractivity contribution in [3.63, 3.8) is 0 Å². The predicted octanol–water partition coefficient (Wildman–Crippen LogP) is 2.64. The number of hydrogen-bond donors (Lipinski definition) is 1. The summed E-state index contributed by atoms with van der Waals surface area (Å²) in [6.07, 6.45) is 0.383. The second kappa shape index (κ2) is 3.48. The molecule has 1 atom stereocenters. The first-order chi connectivity index (χ1) is 6.62. The highest BCUT2D eigenvalue weighted by molar-refractivity contribution is 6.30. The maximum Gasteiger partial charge on any atom is 0.149 e. The summed E-state index contributed by atoms with van der Waals surface area (Å²) in [4.78, 5) is 0. The number of halogens is 3. The first-order valence-electron chi connectivity index (χ1n) is 4.47. The summed E-state index contributed by atoms with van der Waals surface area (Å²) >= 11 is 5.52. The molecule has 1 aromatic carbocycles. The van der Waals surface area contributed by atoms with Crippen LogP contribution in [-0.2, 0) is 5.67 Å². The standard InChI is InChI=1S/C10H10ClF2N/c11-8-2-1-7(5-9(8)12)10(13)3-4-14-6-10/h1-2,5,14H,3-4,6H2. The molecule has 1 N–H and O–H groups in total. The van der Waals surface area contributed by atoms with Crippen LogP contribution in [0, 0.1) is 5.82 Å². The zero-order chi connectivity index (χ0) is 10.2. The van der Waals surface area contributed by atoms with E-state index in [2.05, 4.69) is 5.32 Å². The van der Waals surface area contributed by atoms with Crippen molar-refractivity contribution < 1.29 is 8.78 Å². The van der Waals surface area contributed by atoms with Crippen LogP contribution in [0.4, 0.5) is 8.78 Å². The maximum absolute atomic E-state index is 14.1. The van der Waals surface area contributed by atoms with Crippen molar-refractivity contribution in [2.24, 2.45) is 0 Å². The minimum Gasteiger partial charge on any atom is -0.313 e. The monoisotopic (exact) mass is 217 g/mol. The fourth-order valence-corrected chi connectivity index (χ4v) is 1.80. The molecule has 1 unspecified atom stereocenters. The van der Waals surface area contributed by atoms with Gasteiger partial charge in [0, 0.05) is 6.54 Å². The summed E-state index contributed by atoms with van der Waals surface area (Å²) in [5.41, 5.74) is -1.07. The number of nitrogens with one attached hydrogen (secondary N) is 1. The van der Waals surface area contributed by atoms with Crippen LogP contribution in [0.2, 0.25) is 5.02 Å². The Morgan fingerprint density at radius 1 is 1.43 bits per heavy atom. The van der Waals surface area contributed by atoms with E-state index >= 15 is 0 Å². The van der Waals surface area contributed by atoms with E-state index in [1.807, 2.05) is 0 Å². The van der Waals surface area contributed by atoms with Crippen LogP contribution >= 0.6 is 11.6 Å². The Labute approximate surface area is 86.1 Å². The Morgan fingerprint density at radius 3 is 2.79 bits per heavy atom. The molecule has 1 saturated heterocycles. The summed E-state index contributed by atoms with van der Waals surface area (Å²) < 4.78 is 27.2. The quantitative estimate of drug-likeness (QED) is 0.763.